The normalized spacial score (nSPS) is 12.7. The second-order valence-corrected chi connectivity index (χ2v) is 7.63. The van der Waals surface area contributed by atoms with Crippen molar-refractivity contribution in [1.82, 2.24) is 14.8 Å². The molecule has 30 heavy (non-hydrogen) atoms. The third kappa shape index (κ3) is 2.48. The molecule has 1 aliphatic rings. The van der Waals surface area contributed by atoms with Crippen LogP contribution in [0.4, 0.5) is 0 Å². The first kappa shape index (κ1) is 17.0. The van der Waals surface area contributed by atoms with E-state index in [1.807, 2.05) is 47.3 Å². The molecule has 0 spiro atoms. The zero-order valence-electron chi connectivity index (χ0n) is 16.7. The SMILES string of the molecule is Cc1ccc(-n2nc(-c3ccc4c(c3)OCO4)c3cnc4ccccc4c32)cc1C. The molecule has 6 rings (SSSR count). The molecule has 0 saturated heterocycles. The van der Waals surface area contributed by atoms with Gasteiger partial charge in [0.15, 0.2) is 11.5 Å². The van der Waals surface area contributed by atoms with Gasteiger partial charge in [-0.1, -0.05) is 24.3 Å². The second-order valence-electron chi connectivity index (χ2n) is 7.63. The van der Waals surface area contributed by atoms with E-state index in [9.17, 15) is 0 Å². The number of aromatic nitrogens is 3. The summed E-state index contributed by atoms with van der Waals surface area (Å²) in [4.78, 5) is 4.70. The van der Waals surface area contributed by atoms with E-state index in [1.54, 1.807) is 0 Å². The van der Waals surface area contributed by atoms with Gasteiger partial charge in [-0.15, -0.1) is 0 Å². The largest absolute Gasteiger partial charge is 0.454 e. The number of nitrogens with zero attached hydrogens (tertiary/aromatic N) is 3. The van der Waals surface area contributed by atoms with Gasteiger partial charge < -0.3 is 9.47 Å². The van der Waals surface area contributed by atoms with Gasteiger partial charge in [-0.25, -0.2) is 4.68 Å². The number of para-hydroxylation sites is 1. The van der Waals surface area contributed by atoms with Gasteiger partial charge in [-0.2, -0.15) is 5.10 Å². The Morgan fingerprint density at radius 3 is 2.60 bits per heavy atom. The Bertz CT molecular complexity index is 1450. The maximum Gasteiger partial charge on any atom is 0.231 e. The van der Waals surface area contributed by atoms with Crippen molar-refractivity contribution < 1.29 is 9.47 Å². The number of benzene rings is 3. The smallest absolute Gasteiger partial charge is 0.231 e. The van der Waals surface area contributed by atoms with Gasteiger partial charge in [0.1, 0.15) is 5.69 Å². The molecule has 3 aromatic carbocycles. The van der Waals surface area contributed by atoms with E-state index in [4.69, 9.17) is 19.6 Å². The Morgan fingerprint density at radius 1 is 0.833 bits per heavy atom. The molecule has 146 valence electrons. The lowest BCUT2D eigenvalue weighted by Gasteiger charge is -2.08. The molecule has 2 aromatic heterocycles. The molecule has 0 N–H and O–H groups in total. The summed E-state index contributed by atoms with van der Waals surface area (Å²) in [6.07, 6.45) is 1.92. The molecule has 0 atom stereocenters. The lowest BCUT2D eigenvalue weighted by molar-refractivity contribution is 0.174. The Kier molecular flexibility index (Phi) is 3.59. The highest BCUT2D eigenvalue weighted by Crippen LogP contribution is 2.39. The van der Waals surface area contributed by atoms with Crippen LogP contribution in [-0.2, 0) is 0 Å². The number of ether oxygens (including phenoxy) is 2. The summed E-state index contributed by atoms with van der Waals surface area (Å²) in [5.74, 6) is 1.51. The molecule has 0 bridgehead atoms. The Hall–Kier alpha value is -3.86. The summed E-state index contributed by atoms with van der Waals surface area (Å²) < 4.78 is 13.1. The lowest BCUT2D eigenvalue weighted by atomic mass is 10.1. The summed E-state index contributed by atoms with van der Waals surface area (Å²) in [6.45, 7) is 4.50. The molecular formula is C25H19N3O2. The molecule has 1 aliphatic heterocycles. The standard InChI is InChI=1S/C25H19N3O2/c1-15-7-9-18(11-16(15)2)28-25-19-5-3-4-6-21(19)26-13-20(25)24(27-28)17-8-10-22-23(12-17)30-14-29-22/h3-13H,14H2,1-2H3. The molecule has 5 heteroatoms. The average molecular weight is 393 g/mol. The minimum Gasteiger partial charge on any atom is -0.454 e. The first-order valence-corrected chi connectivity index (χ1v) is 9.93. The van der Waals surface area contributed by atoms with Crippen LogP contribution >= 0.6 is 0 Å². The van der Waals surface area contributed by atoms with Gasteiger partial charge in [0, 0.05) is 22.5 Å². The van der Waals surface area contributed by atoms with Gasteiger partial charge in [-0.05, 0) is 61.4 Å². The number of aryl methyl sites for hydroxylation is 2. The fourth-order valence-corrected chi connectivity index (χ4v) is 4.03. The Balaban J connectivity index is 1.68. The number of hydrogen-bond donors (Lipinski definition) is 0. The van der Waals surface area contributed by atoms with Crippen molar-refractivity contribution in [2.24, 2.45) is 0 Å². The number of rotatable bonds is 2. The summed E-state index contributed by atoms with van der Waals surface area (Å²) in [5.41, 5.74) is 7.38. The van der Waals surface area contributed by atoms with Crippen molar-refractivity contribution in [2.45, 2.75) is 13.8 Å². The zero-order valence-corrected chi connectivity index (χ0v) is 16.7. The molecule has 0 radical (unpaired) electrons. The molecule has 0 unspecified atom stereocenters. The van der Waals surface area contributed by atoms with E-state index in [2.05, 4.69) is 38.1 Å². The first-order chi connectivity index (χ1) is 14.7. The summed E-state index contributed by atoms with van der Waals surface area (Å²) in [7, 11) is 0. The van der Waals surface area contributed by atoms with Crippen molar-refractivity contribution in [3.8, 4) is 28.4 Å². The topological polar surface area (TPSA) is 49.2 Å². The van der Waals surface area contributed by atoms with Gasteiger partial charge in [0.05, 0.1) is 16.7 Å². The van der Waals surface area contributed by atoms with Crippen molar-refractivity contribution in [3.63, 3.8) is 0 Å². The van der Waals surface area contributed by atoms with Gasteiger partial charge in [-0.3, -0.25) is 4.98 Å². The highest BCUT2D eigenvalue weighted by Gasteiger charge is 2.20. The molecule has 0 aliphatic carbocycles. The lowest BCUT2D eigenvalue weighted by Crippen LogP contribution is -1.98. The van der Waals surface area contributed by atoms with E-state index < -0.39 is 0 Å². The van der Waals surface area contributed by atoms with Crippen LogP contribution in [0.1, 0.15) is 11.1 Å². The summed E-state index contributed by atoms with van der Waals surface area (Å²) >= 11 is 0. The van der Waals surface area contributed by atoms with E-state index in [0.29, 0.717) is 0 Å². The third-order valence-corrected chi connectivity index (χ3v) is 5.80. The predicted octanol–water partition coefficient (Wildman–Crippen LogP) is 5.59. The monoisotopic (exact) mass is 393 g/mol. The molecule has 5 nitrogen and oxygen atoms in total. The molecule has 0 amide bonds. The quantitative estimate of drug-likeness (QED) is 0.392. The number of fused-ring (bicyclic) bond motifs is 4. The Morgan fingerprint density at radius 2 is 1.70 bits per heavy atom. The predicted molar refractivity (Wildman–Crippen MR) is 117 cm³/mol. The molecule has 3 heterocycles. The van der Waals surface area contributed by atoms with Crippen LogP contribution < -0.4 is 9.47 Å². The Labute approximate surface area is 173 Å². The van der Waals surface area contributed by atoms with Gasteiger partial charge >= 0.3 is 0 Å². The van der Waals surface area contributed by atoms with Crippen molar-refractivity contribution in [2.75, 3.05) is 6.79 Å². The fraction of sp³-hybridized carbons (Fsp3) is 0.120. The molecular weight excluding hydrogens is 374 g/mol. The second kappa shape index (κ2) is 6.32. The molecule has 0 fully saturated rings. The van der Waals surface area contributed by atoms with Crippen LogP contribution in [0, 0.1) is 13.8 Å². The molecule has 5 aromatic rings. The van der Waals surface area contributed by atoms with Crippen molar-refractivity contribution in [3.05, 3.63) is 78.0 Å². The van der Waals surface area contributed by atoms with E-state index in [1.165, 1.54) is 11.1 Å². The van der Waals surface area contributed by atoms with E-state index >= 15 is 0 Å². The van der Waals surface area contributed by atoms with Crippen LogP contribution in [0.25, 0.3) is 38.8 Å². The van der Waals surface area contributed by atoms with E-state index in [-0.39, 0.29) is 6.79 Å². The van der Waals surface area contributed by atoms with Crippen molar-refractivity contribution >= 4 is 21.8 Å². The number of pyridine rings is 1. The minimum atomic E-state index is 0.253. The van der Waals surface area contributed by atoms with Crippen LogP contribution in [-0.4, -0.2) is 21.6 Å². The zero-order chi connectivity index (χ0) is 20.2. The first-order valence-electron chi connectivity index (χ1n) is 9.93. The van der Waals surface area contributed by atoms with Gasteiger partial charge in [0.25, 0.3) is 0 Å². The fourth-order valence-electron chi connectivity index (χ4n) is 4.03. The summed E-state index contributed by atoms with van der Waals surface area (Å²) in [5, 5.41) is 7.14. The van der Waals surface area contributed by atoms with E-state index in [0.717, 1.165) is 50.2 Å². The summed E-state index contributed by atoms with van der Waals surface area (Å²) in [6, 6.07) is 20.6. The van der Waals surface area contributed by atoms with Crippen LogP contribution in [0.5, 0.6) is 11.5 Å². The van der Waals surface area contributed by atoms with Crippen molar-refractivity contribution in [1.29, 1.82) is 0 Å². The van der Waals surface area contributed by atoms with Crippen LogP contribution in [0.3, 0.4) is 0 Å². The van der Waals surface area contributed by atoms with Gasteiger partial charge in [0.2, 0.25) is 6.79 Å². The molecule has 0 saturated carbocycles. The van der Waals surface area contributed by atoms with Crippen LogP contribution in [0.2, 0.25) is 0 Å². The maximum atomic E-state index is 5.59. The number of hydrogen-bond acceptors (Lipinski definition) is 4. The minimum absolute atomic E-state index is 0.253. The van der Waals surface area contributed by atoms with Crippen LogP contribution in [0.15, 0.2) is 66.9 Å². The average Bonchev–Trinajstić information content (AvgIpc) is 3.40. The highest BCUT2D eigenvalue weighted by molar-refractivity contribution is 6.08. The maximum absolute atomic E-state index is 5.59. The highest BCUT2D eigenvalue weighted by atomic mass is 16.7. The third-order valence-electron chi connectivity index (χ3n) is 5.80.